The first kappa shape index (κ1) is 20.6. The summed E-state index contributed by atoms with van der Waals surface area (Å²) in [5, 5.41) is 2.75. The number of benzene rings is 3. The zero-order valence-corrected chi connectivity index (χ0v) is 17.2. The smallest absolute Gasteiger partial charge is 0.225 e. The number of carbonyl (C=O) groups is 1. The van der Waals surface area contributed by atoms with Crippen LogP contribution in [0.25, 0.3) is 0 Å². The molecule has 0 aliphatic carbocycles. The third-order valence-electron chi connectivity index (χ3n) is 4.39. The molecule has 1 N–H and O–H groups in total. The van der Waals surface area contributed by atoms with Gasteiger partial charge in [0.2, 0.25) is 5.91 Å². The van der Waals surface area contributed by atoms with Gasteiger partial charge in [-0.1, -0.05) is 47.5 Å². The summed E-state index contributed by atoms with van der Waals surface area (Å²) in [6.45, 7) is 3.88. The largest absolute Gasteiger partial charge is 0.455 e. The van der Waals surface area contributed by atoms with E-state index in [1.54, 1.807) is 48.5 Å². The number of aryl methyl sites for hydroxylation is 2. The van der Waals surface area contributed by atoms with E-state index >= 15 is 0 Å². The number of nitrogens with one attached hydrogen (secondary N) is 1. The summed E-state index contributed by atoms with van der Waals surface area (Å²) in [4.78, 5) is 12.6. The van der Waals surface area contributed by atoms with Crippen LogP contribution in [0.4, 0.5) is 5.69 Å². The van der Waals surface area contributed by atoms with Gasteiger partial charge in [-0.15, -0.1) is 0 Å². The van der Waals surface area contributed by atoms with Crippen molar-refractivity contribution in [2.24, 2.45) is 0 Å². The van der Waals surface area contributed by atoms with Crippen LogP contribution >= 0.6 is 0 Å². The molecule has 0 aliphatic heterocycles. The monoisotopic (exact) mass is 409 g/mol. The molecule has 3 rings (SSSR count). The minimum Gasteiger partial charge on any atom is -0.455 e. The lowest BCUT2D eigenvalue weighted by Gasteiger charge is -2.12. The van der Waals surface area contributed by atoms with Gasteiger partial charge >= 0.3 is 0 Å². The predicted molar refractivity (Wildman–Crippen MR) is 114 cm³/mol. The van der Waals surface area contributed by atoms with Crippen LogP contribution in [0, 0.1) is 13.8 Å². The molecule has 0 fully saturated rings. The van der Waals surface area contributed by atoms with Gasteiger partial charge in [0.15, 0.2) is 15.6 Å². The van der Waals surface area contributed by atoms with E-state index in [9.17, 15) is 13.2 Å². The first-order valence-corrected chi connectivity index (χ1v) is 10.9. The lowest BCUT2D eigenvalue weighted by Crippen LogP contribution is -2.17. The van der Waals surface area contributed by atoms with Gasteiger partial charge < -0.3 is 10.1 Å². The number of para-hydroxylation sites is 2. The summed E-state index contributed by atoms with van der Waals surface area (Å²) >= 11 is 0. The van der Waals surface area contributed by atoms with Crippen molar-refractivity contribution in [3.63, 3.8) is 0 Å². The Hall–Kier alpha value is -3.12. The van der Waals surface area contributed by atoms with Crippen LogP contribution in [0.3, 0.4) is 0 Å². The highest BCUT2D eigenvalue weighted by molar-refractivity contribution is 7.91. The van der Waals surface area contributed by atoms with Gasteiger partial charge in [0, 0.05) is 6.42 Å². The van der Waals surface area contributed by atoms with Crippen molar-refractivity contribution >= 4 is 21.4 Å². The molecule has 0 radical (unpaired) electrons. The summed E-state index contributed by atoms with van der Waals surface area (Å²) in [6, 6.07) is 21.2. The lowest BCUT2D eigenvalue weighted by atomic mass is 10.2. The van der Waals surface area contributed by atoms with Crippen molar-refractivity contribution in [1.82, 2.24) is 0 Å². The minimum atomic E-state index is -3.52. The molecule has 6 heteroatoms. The van der Waals surface area contributed by atoms with Gasteiger partial charge in [0.05, 0.1) is 16.3 Å². The molecule has 0 saturated heterocycles. The van der Waals surface area contributed by atoms with Gasteiger partial charge in [-0.25, -0.2) is 8.42 Å². The van der Waals surface area contributed by atoms with Gasteiger partial charge in [-0.3, -0.25) is 4.79 Å². The van der Waals surface area contributed by atoms with Gasteiger partial charge in [0.25, 0.3) is 0 Å². The number of sulfone groups is 1. The molecule has 1 amide bonds. The Balaban J connectivity index is 1.65. The highest BCUT2D eigenvalue weighted by Crippen LogP contribution is 2.29. The van der Waals surface area contributed by atoms with Crippen molar-refractivity contribution < 1.29 is 17.9 Å². The van der Waals surface area contributed by atoms with E-state index in [1.807, 2.05) is 38.1 Å². The number of carbonyl (C=O) groups excluding carboxylic acids is 1. The zero-order valence-electron chi connectivity index (χ0n) is 16.4. The number of ether oxygens (including phenoxy) is 1. The van der Waals surface area contributed by atoms with Crippen LogP contribution in [0.1, 0.15) is 17.5 Å². The third kappa shape index (κ3) is 5.68. The maximum absolute atomic E-state index is 12.4. The second-order valence-corrected chi connectivity index (χ2v) is 8.95. The van der Waals surface area contributed by atoms with Crippen LogP contribution in [0.5, 0.6) is 11.5 Å². The third-order valence-corrected chi connectivity index (χ3v) is 6.12. The van der Waals surface area contributed by atoms with E-state index in [-0.39, 0.29) is 23.0 Å². The molecule has 0 aromatic heterocycles. The van der Waals surface area contributed by atoms with E-state index in [1.165, 1.54) is 0 Å². The normalized spacial score (nSPS) is 11.1. The Morgan fingerprint density at radius 1 is 0.862 bits per heavy atom. The molecule has 0 atom stereocenters. The Kier molecular flexibility index (Phi) is 6.34. The van der Waals surface area contributed by atoms with Crippen molar-refractivity contribution in [2.45, 2.75) is 25.2 Å². The average molecular weight is 410 g/mol. The van der Waals surface area contributed by atoms with Gasteiger partial charge in [-0.05, 0) is 50.2 Å². The maximum atomic E-state index is 12.4. The molecular weight excluding hydrogens is 386 g/mol. The highest BCUT2D eigenvalue weighted by atomic mass is 32.2. The fraction of sp³-hybridized carbons (Fsp3) is 0.174. The molecule has 150 valence electrons. The molecule has 29 heavy (non-hydrogen) atoms. The predicted octanol–water partition coefficient (Wildman–Crippen LogP) is 4.90. The maximum Gasteiger partial charge on any atom is 0.225 e. The van der Waals surface area contributed by atoms with E-state index < -0.39 is 9.84 Å². The number of hydrogen-bond donors (Lipinski definition) is 1. The van der Waals surface area contributed by atoms with Crippen molar-refractivity contribution in [3.8, 4) is 11.5 Å². The zero-order chi connectivity index (χ0) is 20.9. The van der Waals surface area contributed by atoms with E-state index in [2.05, 4.69) is 5.32 Å². The van der Waals surface area contributed by atoms with Crippen LogP contribution in [-0.2, 0) is 14.6 Å². The van der Waals surface area contributed by atoms with Crippen LogP contribution < -0.4 is 10.1 Å². The summed E-state index contributed by atoms with van der Waals surface area (Å²) in [7, 11) is -3.52. The SMILES string of the molecule is Cc1ccc(Oc2ccccc2NC(=O)CCS(=O)(=O)c2ccc(C)cc2)cc1. The molecule has 0 unspecified atom stereocenters. The van der Waals surface area contributed by atoms with Crippen LogP contribution in [0.15, 0.2) is 77.7 Å². The van der Waals surface area contributed by atoms with Gasteiger partial charge in [0.1, 0.15) is 5.75 Å². The van der Waals surface area contributed by atoms with Crippen molar-refractivity contribution in [1.29, 1.82) is 0 Å². The van der Waals surface area contributed by atoms with E-state index in [0.717, 1.165) is 11.1 Å². The number of amides is 1. The molecule has 5 nitrogen and oxygen atoms in total. The molecule has 0 spiro atoms. The Bertz CT molecular complexity index is 1090. The van der Waals surface area contributed by atoms with Crippen LogP contribution in [-0.4, -0.2) is 20.1 Å². The van der Waals surface area contributed by atoms with E-state index in [4.69, 9.17) is 4.74 Å². The second-order valence-electron chi connectivity index (χ2n) is 6.84. The first-order valence-electron chi connectivity index (χ1n) is 9.26. The second kappa shape index (κ2) is 8.92. The number of anilines is 1. The topological polar surface area (TPSA) is 72.5 Å². The fourth-order valence-electron chi connectivity index (χ4n) is 2.70. The number of hydrogen-bond acceptors (Lipinski definition) is 4. The Labute approximate surface area is 171 Å². The standard InChI is InChI=1S/C23H23NO4S/c1-17-7-11-19(12-8-17)28-22-6-4-3-5-21(22)24-23(25)15-16-29(26,27)20-13-9-18(2)10-14-20/h3-14H,15-16H2,1-2H3,(H,24,25). The van der Waals surface area contributed by atoms with Crippen LogP contribution in [0.2, 0.25) is 0 Å². The number of rotatable bonds is 7. The molecule has 0 aliphatic rings. The summed E-state index contributed by atoms with van der Waals surface area (Å²) in [5.74, 6) is 0.495. The fourth-order valence-corrected chi connectivity index (χ4v) is 3.94. The highest BCUT2D eigenvalue weighted by Gasteiger charge is 2.17. The lowest BCUT2D eigenvalue weighted by molar-refractivity contribution is -0.115. The Morgan fingerprint density at radius 3 is 2.10 bits per heavy atom. The molecular formula is C23H23NO4S. The summed E-state index contributed by atoms with van der Waals surface area (Å²) < 4.78 is 30.7. The van der Waals surface area contributed by atoms with Gasteiger partial charge in [-0.2, -0.15) is 0 Å². The molecule has 3 aromatic rings. The first-order chi connectivity index (χ1) is 13.8. The summed E-state index contributed by atoms with van der Waals surface area (Å²) in [6.07, 6.45) is -0.144. The molecule has 0 saturated carbocycles. The molecule has 0 bridgehead atoms. The van der Waals surface area contributed by atoms with Crippen molar-refractivity contribution in [3.05, 3.63) is 83.9 Å². The minimum absolute atomic E-state index is 0.144. The van der Waals surface area contributed by atoms with Crippen molar-refractivity contribution in [2.75, 3.05) is 11.1 Å². The summed E-state index contributed by atoms with van der Waals surface area (Å²) in [5.41, 5.74) is 2.59. The molecule has 3 aromatic carbocycles. The average Bonchev–Trinajstić information content (AvgIpc) is 2.70. The van der Waals surface area contributed by atoms with E-state index in [0.29, 0.717) is 17.2 Å². The quantitative estimate of drug-likeness (QED) is 0.602. The molecule has 0 heterocycles. The Morgan fingerprint density at radius 2 is 1.45 bits per heavy atom.